The fraction of sp³-hybridized carbons (Fsp3) is 0.188. The minimum Gasteiger partial charge on any atom is -0.357 e. The van der Waals surface area contributed by atoms with Gasteiger partial charge < -0.3 is 9.88 Å². The second-order valence-corrected chi connectivity index (χ2v) is 4.87. The van der Waals surface area contributed by atoms with E-state index in [0.29, 0.717) is 0 Å². The number of rotatable bonds is 5. The molecule has 0 aliphatic heterocycles. The third-order valence-corrected chi connectivity index (χ3v) is 3.28. The van der Waals surface area contributed by atoms with Crippen LogP contribution in [-0.4, -0.2) is 14.3 Å². The van der Waals surface area contributed by atoms with Crippen molar-refractivity contribution >= 4 is 0 Å². The first-order chi connectivity index (χ1) is 9.83. The Morgan fingerprint density at radius 2 is 1.95 bits per heavy atom. The molecule has 2 heterocycles. The molecule has 0 fully saturated rings. The highest BCUT2D eigenvalue weighted by Gasteiger charge is 2.03. The molecule has 0 amide bonds. The molecule has 20 heavy (non-hydrogen) atoms. The number of nitrogens with one attached hydrogen (secondary N) is 1. The van der Waals surface area contributed by atoms with E-state index in [1.807, 2.05) is 30.1 Å². The average Bonchev–Trinajstić information content (AvgIpc) is 3.11. The van der Waals surface area contributed by atoms with Crippen molar-refractivity contribution in [2.45, 2.75) is 13.1 Å². The minimum atomic E-state index is 0.824. The molecular weight excluding hydrogens is 248 g/mol. The van der Waals surface area contributed by atoms with Crippen LogP contribution in [0.2, 0.25) is 0 Å². The van der Waals surface area contributed by atoms with E-state index in [-0.39, 0.29) is 0 Å². The third-order valence-electron chi connectivity index (χ3n) is 3.28. The summed E-state index contributed by atoms with van der Waals surface area (Å²) < 4.78 is 3.97. The quantitative estimate of drug-likeness (QED) is 0.770. The lowest BCUT2D eigenvalue weighted by Gasteiger charge is -2.10. The fourth-order valence-corrected chi connectivity index (χ4v) is 2.30. The van der Waals surface area contributed by atoms with Gasteiger partial charge in [-0.3, -0.25) is 0 Å². The number of benzene rings is 1. The van der Waals surface area contributed by atoms with Crippen LogP contribution >= 0.6 is 0 Å². The maximum absolute atomic E-state index is 4.30. The maximum atomic E-state index is 4.30. The summed E-state index contributed by atoms with van der Waals surface area (Å²) in [5, 5.41) is 7.78. The molecule has 1 aromatic carbocycles. The Labute approximate surface area is 118 Å². The Balaban J connectivity index is 1.68. The predicted octanol–water partition coefficient (Wildman–Crippen LogP) is 2.50. The van der Waals surface area contributed by atoms with E-state index in [9.17, 15) is 0 Å². The first-order valence-electron chi connectivity index (χ1n) is 6.72. The molecule has 0 aliphatic carbocycles. The van der Waals surface area contributed by atoms with Gasteiger partial charge in [0.2, 0.25) is 0 Å². The Bertz CT molecular complexity index is 667. The van der Waals surface area contributed by atoms with E-state index in [1.54, 1.807) is 6.20 Å². The highest BCUT2D eigenvalue weighted by atomic mass is 15.3. The summed E-state index contributed by atoms with van der Waals surface area (Å²) in [7, 11) is 2.04. The summed E-state index contributed by atoms with van der Waals surface area (Å²) in [6.45, 7) is 1.69. The maximum Gasteiger partial charge on any atom is 0.0690 e. The van der Waals surface area contributed by atoms with E-state index in [2.05, 4.69) is 51.6 Å². The molecule has 102 valence electrons. The minimum absolute atomic E-state index is 0.824. The summed E-state index contributed by atoms with van der Waals surface area (Å²) >= 11 is 0. The highest BCUT2D eigenvalue weighted by Crippen LogP contribution is 2.13. The molecule has 0 radical (unpaired) electrons. The van der Waals surface area contributed by atoms with Crippen molar-refractivity contribution in [3.05, 3.63) is 72.3 Å². The van der Waals surface area contributed by atoms with Crippen molar-refractivity contribution in [3.63, 3.8) is 0 Å². The van der Waals surface area contributed by atoms with Gasteiger partial charge in [-0.05, 0) is 29.3 Å². The number of hydrogen-bond donors (Lipinski definition) is 1. The second kappa shape index (κ2) is 5.75. The number of nitrogens with zero attached hydrogens (tertiary/aromatic N) is 3. The Hall–Kier alpha value is -2.33. The van der Waals surface area contributed by atoms with Crippen LogP contribution in [0.4, 0.5) is 0 Å². The van der Waals surface area contributed by atoms with E-state index in [0.717, 1.165) is 18.8 Å². The van der Waals surface area contributed by atoms with Gasteiger partial charge in [-0.2, -0.15) is 5.10 Å². The number of hydrogen-bond acceptors (Lipinski definition) is 2. The van der Waals surface area contributed by atoms with Gasteiger partial charge in [-0.1, -0.05) is 18.2 Å². The van der Waals surface area contributed by atoms with Crippen LogP contribution in [0.25, 0.3) is 5.69 Å². The zero-order valence-corrected chi connectivity index (χ0v) is 11.5. The molecule has 0 atom stereocenters. The largest absolute Gasteiger partial charge is 0.357 e. The van der Waals surface area contributed by atoms with Crippen molar-refractivity contribution in [1.82, 2.24) is 19.7 Å². The molecule has 0 spiro atoms. The first kappa shape index (κ1) is 12.7. The zero-order chi connectivity index (χ0) is 13.8. The molecule has 4 heteroatoms. The van der Waals surface area contributed by atoms with E-state index in [4.69, 9.17) is 0 Å². The van der Waals surface area contributed by atoms with Crippen molar-refractivity contribution < 1.29 is 0 Å². The SMILES string of the molecule is Cn1ccc(CNCc2ccccc2-n2cccn2)c1. The van der Waals surface area contributed by atoms with Crippen molar-refractivity contribution in [3.8, 4) is 5.69 Å². The first-order valence-corrected chi connectivity index (χ1v) is 6.72. The van der Waals surface area contributed by atoms with Gasteiger partial charge in [0.05, 0.1) is 5.69 Å². The van der Waals surface area contributed by atoms with Crippen molar-refractivity contribution in [2.75, 3.05) is 0 Å². The zero-order valence-electron chi connectivity index (χ0n) is 11.5. The van der Waals surface area contributed by atoms with Crippen LogP contribution in [0.5, 0.6) is 0 Å². The summed E-state index contributed by atoms with van der Waals surface area (Å²) in [4.78, 5) is 0. The summed E-state index contributed by atoms with van der Waals surface area (Å²) in [6.07, 6.45) is 7.96. The molecular formula is C16H18N4. The van der Waals surface area contributed by atoms with E-state index < -0.39 is 0 Å². The fourth-order valence-electron chi connectivity index (χ4n) is 2.30. The average molecular weight is 266 g/mol. The molecule has 0 aliphatic rings. The van der Waals surface area contributed by atoms with Gasteiger partial charge in [0.15, 0.2) is 0 Å². The predicted molar refractivity (Wildman–Crippen MR) is 79.5 cm³/mol. The van der Waals surface area contributed by atoms with Gasteiger partial charge in [-0.15, -0.1) is 0 Å². The van der Waals surface area contributed by atoms with Crippen LogP contribution in [0, 0.1) is 0 Å². The molecule has 0 saturated heterocycles. The standard InChI is InChI=1S/C16H18N4/c1-19-10-7-14(13-19)11-17-12-15-5-2-3-6-16(15)20-9-4-8-18-20/h2-10,13,17H,11-12H2,1H3. The summed E-state index contributed by atoms with van der Waals surface area (Å²) in [6, 6.07) is 12.4. The van der Waals surface area contributed by atoms with Crippen LogP contribution in [0.1, 0.15) is 11.1 Å². The molecule has 3 rings (SSSR count). The normalized spacial score (nSPS) is 10.8. The van der Waals surface area contributed by atoms with Crippen LogP contribution in [0.15, 0.2) is 61.2 Å². The van der Waals surface area contributed by atoms with Gasteiger partial charge in [0.1, 0.15) is 0 Å². The Kier molecular flexibility index (Phi) is 3.65. The van der Waals surface area contributed by atoms with Gasteiger partial charge >= 0.3 is 0 Å². The number of aromatic nitrogens is 3. The Morgan fingerprint density at radius 3 is 2.70 bits per heavy atom. The second-order valence-electron chi connectivity index (χ2n) is 4.87. The molecule has 0 unspecified atom stereocenters. The molecule has 2 aromatic heterocycles. The van der Waals surface area contributed by atoms with Crippen molar-refractivity contribution in [1.29, 1.82) is 0 Å². The summed E-state index contributed by atoms with van der Waals surface area (Å²) in [5.41, 5.74) is 3.66. The van der Waals surface area contributed by atoms with E-state index >= 15 is 0 Å². The topological polar surface area (TPSA) is 34.8 Å². The smallest absolute Gasteiger partial charge is 0.0690 e. The highest BCUT2D eigenvalue weighted by molar-refractivity contribution is 5.40. The molecule has 0 bridgehead atoms. The molecule has 1 N–H and O–H groups in total. The van der Waals surface area contributed by atoms with Crippen molar-refractivity contribution in [2.24, 2.45) is 7.05 Å². The lowest BCUT2D eigenvalue weighted by molar-refractivity contribution is 0.685. The summed E-state index contributed by atoms with van der Waals surface area (Å²) in [5.74, 6) is 0. The van der Waals surface area contributed by atoms with Crippen LogP contribution < -0.4 is 5.32 Å². The van der Waals surface area contributed by atoms with Crippen LogP contribution in [0.3, 0.4) is 0 Å². The molecule has 0 saturated carbocycles. The number of para-hydroxylation sites is 1. The molecule has 4 nitrogen and oxygen atoms in total. The van der Waals surface area contributed by atoms with Crippen LogP contribution in [-0.2, 0) is 20.1 Å². The van der Waals surface area contributed by atoms with Gasteiger partial charge in [-0.25, -0.2) is 4.68 Å². The number of aryl methyl sites for hydroxylation is 1. The third kappa shape index (κ3) is 2.81. The van der Waals surface area contributed by atoms with Gasteiger partial charge in [0.25, 0.3) is 0 Å². The lowest BCUT2D eigenvalue weighted by atomic mass is 10.1. The molecule has 3 aromatic rings. The Morgan fingerprint density at radius 1 is 1.05 bits per heavy atom. The lowest BCUT2D eigenvalue weighted by Crippen LogP contribution is -2.14. The monoisotopic (exact) mass is 266 g/mol. The van der Waals surface area contributed by atoms with E-state index in [1.165, 1.54) is 11.1 Å². The van der Waals surface area contributed by atoms with Gasteiger partial charge in [0, 0.05) is 44.9 Å².